The Balaban J connectivity index is 0.00000133. The number of imidazole rings is 1. The van der Waals surface area contributed by atoms with E-state index in [1.165, 1.54) is 10.7 Å². The van der Waals surface area contributed by atoms with E-state index in [1.54, 1.807) is 13.2 Å². The number of rotatable bonds is 5. The standard InChI is InChI=1S/C21H25F2N7O2.C2H6/c1-31-17-10-18-25-12-16(30(18)28-21(17)29-5-7-32-8-6-29)19-14(22)9-15(23)20(27-19)26-13-3-2-4-24-11-13;1-2/h9-10,12-13,24H,2-8,11H2,1H3,(H,26,27);1-2H3. The number of hydrogen-bond acceptors (Lipinski definition) is 8. The maximum atomic E-state index is 14.8. The monoisotopic (exact) mass is 475 g/mol. The van der Waals surface area contributed by atoms with E-state index in [4.69, 9.17) is 9.47 Å². The number of fused-ring (bicyclic) bond motifs is 1. The van der Waals surface area contributed by atoms with Crippen molar-refractivity contribution < 1.29 is 18.3 Å². The van der Waals surface area contributed by atoms with E-state index in [9.17, 15) is 8.78 Å². The fraction of sp³-hybridized carbons (Fsp3) is 0.522. The predicted molar refractivity (Wildman–Crippen MR) is 127 cm³/mol. The number of piperidine rings is 1. The van der Waals surface area contributed by atoms with Crippen molar-refractivity contribution in [3.63, 3.8) is 0 Å². The Hall–Kier alpha value is -3.05. The van der Waals surface area contributed by atoms with Crippen molar-refractivity contribution in [1.29, 1.82) is 0 Å². The predicted octanol–water partition coefficient (Wildman–Crippen LogP) is 3.10. The SMILES string of the molecule is CC.COc1cc2ncc(-c3nc(NC4CCCNC4)c(F)cc3F)n2nc1N1CCOCC1. The van der Waals surface area contributed by atoms with E-state index in [2.05, 4.69) is 25.7 Å². The summed E-state index contributed by atoms with van der Waals surface area (Å²) in [6.45, 7) is 8.12. The van der Waals surface area contributed by atoms with Gasteiger partial charge in [0.25, 0.3) is 0 Å². The lowest BCUT2D eigenvalue weighted by atomic mass is 10.1. The van der Waals surface area contributed by atoms with E-state index >= 15 is 0 Å². The van der Waals surface area contributed by atoms with Crippen molar-refractivity contribution in [3.05, 3.63) is 30.0 Å². The molecule has 2 N–H and O–H groups in total. The van der Waals surface area contributed by atoms with Crippen molar-refractivity contribution in [3.8, 4) is 17.1 Å². The van der Waals surface area contributed by atoms with Crippen LogP contribution in [0.5, 0.6) is 5.75 Å². The molecule has 1 unspecified atom stereocenters. The molecule has 2 aliphatic rings. The summed E-state index contributed by atoms with van der Waals surface area (Å²) in [5.74, 6) is -0.309. The fourth-order valence-corrected chi connectivity index (χ4v) is 4.11. The lowest BCUT2D eigenvalue weighted by molar-refractivity contribution is 0.122. The molecule has 0 spiro atoms. The lowest BCUT2D eigenvalue weighted by Crippen LogP contribution is -2.38. The van der Waals surface area contributed by atoms with Crippen LogP contribution in [0.25, 0.3) is 17.0 Å². The van der Waals surface area contributed by atoms with Crippen LogP contribution in [-0.2, 0) is 4.74 Å². The highest BCUT2D eigenvalue weighted by Crippen LogP contribution is 2.31. The molecule has 0 aliphatic carbocycles. The summed E-state index contributed by atoms with van der Waals surface area (Å²) in [5.41, 5.74) is 0.792. The smallest absolute Gasteiger partial charge is 0.192 e. The first kappa shape index (κ1) is 24.1. The molecule has 2 fully saturated rings. The second-order valence-corrected chi connectivity index (χ2v) is 7.89. The van der Waals surface area contributed by atoms with Crippen LogP contribution < -0.4 is 20.3 Å². The second kappa shape index (κ2) is 10.9. The minimum absolute atomic E-state index is 0.0178. The number of halogens is 2. The van der Waals surface area contributed by atoms with Crippen LogP contribution in [0.15, 0.2) is 18.3 Å². The van der Waals surface area contributed by atoms with Gasteiger partial charge < -0.3 is 25.0 Å². The molecule has 0 amide bonds. The number of ether oxygens (including phenoxy) is 2. The third-order valence-corrected chi connectivity index (χ3v) is 5.78. The number of morpholine rings is 1. The normalized spacial score (nSPS) is 18.4. The Morgan fingerprint density at radius 3 is 2.68 bits per heavy atom. The number of methoxy groups -OCH3 is 1. The molecule has 1 atom stereocenters. The summed E-state index contributed by atoms with van der Waals surface area (Å²) < 4.78 is 41.8. The van der Waals surface area contributed by atoms with E-state index < -0.39 is 11.6 Å². The fourth-order valence-electron chi connectivity index (χ4n) is 4.11. The van der Waals surface area contributed by atoms with Gasteiger partial charge in [0.05, 0.1) is 26.5 Å². The Morgan fingerprint density at radius 1 is 1.18 bits per heavy atom. The largest absolute Gasteiger partial charge is 0.493 e. The van der Waals surface area contributed by atoms with E-state index in [0.29, 0.717) is 55.8 Å². The van der Waals surface area contributed by atoms with Crippen molar-refractivity contribution in [1.82, 2.24) is 24.9 Å². The van der Waals surface area contributed by atoms with E-state index in [0.717, 1.165) is 25.5 Å². The number of nitrogens with one attached hydrogen (secondary N) is 2. The van der Waals surface area contributed by atoms with Gasteiger partial charge >= 0.3 is 0 Å². The summed E-state index contributed by atoms with van der Waals surface area (Å²) in [6.07, 6.45) is 3.36. The zero-order valence-corrected chi connectivity index (χ0v) is 19.8. The van der Waals surface area contributed by atoms with Crippen LogP contribution in [0.2, 0.25) is 0 Å². The van der Waals surface area contributed by atoms with Gasteiger partial charge in [0.2, 0.25) is 0 Å². The van der Waals surface area contributed by atoms with Crippen molar-refractivity contribution >= 4 is 17.3 Å². The summed E-state index contributed by atoms with van der Waals surface area (Å²) >= 11 is 0. The molecule has 0 aromatic carbocycles. The first-order valence-electron chi connectivity index (χ1n) is 11.7. The highest BCUT2D eigenvalue weighted by molar-refractivity contribution is 5.66. The van der Waals surface area contributed by atoms with Gasteiger partial charge in [-0.15, -0.1) is 5.10 Å². The van der Waals surface area contributed by atoms with Crippen molar-refractivity contribution in [2.45, 2.75) is 32.7 Å². The molecule has 11 heteroatoms. The average molecular weight is 476 g/mol. The van der Waals surface area contributed by atoms with Gasteiger partial charge in [-0.25, -0.2) is 23.3 Å². The summed E-state index contributed by atoms with van der Waals surface area (Å²) in [5, 5.41) is 11.0. The molecule has 184 valence electrons. The molecular formula is C23H31F2N7O2. The first-order valence-corrected chi connectivity index (χ1v) is 11.7. The van der Waals surface area contributed by atoms with Gasteiger partial charge in [0.15, 0.2) is 34.7 Å². The Bertz CT molecular complexity index is 1110. The molecule has 5 heterocycles. The number of hydrogen-bond donors (Lipinski definition) is 2. The molecule has 2 aliphatic heterocycles. The third kappa shape index (κ3) is 4.90. The molecule has 0 saturated carbocycles. The van der Waals surface area contributed by atoms with Gasteiger partial charge in [0.1, 0.15) is 11.4 Å². The number of anilines is 2. The van der Waals surface area contributed by atoms with Gasteiger partial charge in [-0.1, -0.05) is 13.8 Å². The molecule has 0 radical (unpaired) electrons. The molecule has 0 bridgehead atoms. The second-order valence-electron chi connectivity index (χ2n) is 7.89. The van der Waals surface area contributed by atoms with Crippen LogP contribution in [0.3, 0.4) is 0 Å². The van der Waals surface area contributed by atoms with Crippen LogP contribution in [0.4, 0.5) is 20.4 Å². The minimum Gasteiger partial charge on any atom is -0.493 e. The average Bonchev–Trinajstić information content (AvgIpc) is 3.30. The zero-order valence-electron chi connectivity index (χ0n) is 19.8. The summed E-state index contributed by atoms with van der Waals surface area (Å²) in [4.78, 5) is 10.7. The van der Waals surface area contributed by atoms with Gasteiger partial charge in [-0.3, -0.25) is 0 Å². The highest BCUT2D eigenvalue weighted by Gasteiger charge is 2.23. The van der Waals surface area contributed by atoms with Crippen molar-refractivity contribution in [2.24, 2.45) is 0 Å². The minimum atomic E-state index is -0.776. The summed E-state index contributed by atoms with van der Waals surface area (Å²) in [6, 6.07) is 2.63. The molecule has 2 saturated heterocycles. The van der Waals surface area contributed by atoms with Crippen LogP contribution in [-0.4, -0.2) is 72.1 Å². The Kier molecular flexibility index (Phi) is 7.73. The van der Waals surface area contributed by atoms with Crippen LogP contribution in [0, 0.1) is 11.6 Å². The Labute approximate surface area is 197 Å². The number of pyridine rings is 1. The van der Waals surface area contributed by atoms with Gasteiger partial charge in [0, 0.05) is 37.8 Å². The zero-order chi connectivity index (χ0) is 24.1. The molecule has 3 aromatic rings. The molecule has 9 nitrogen and oxygen atoms in total. The highest BCUT2D eigenvalue weighted by atomic mass is 19.1. The Morgan fingerprint density at radius 2 is 1.97 bits per heavy atom. The molecular weight excluding hydrogens is 444 g/mol. The lowest BCUT2D eigenvalue weighted by Gasteiger charge is -2.28. The van der Waals surface area contributed by atoms with Gasteiger partial charge in [-0.2, -0.15) is 0 Å². The number of nitrogens with zero attached hydrogens (tertiary/aromatic N) is 5. The van der Waals surface area contributed by atoms with Gasteiger partial charge in [-0.05, 0) is 19.4 Å². The topological polar surface area (TPSA) is 88.8 Å². The molecule has 3 aromatic heterocycles. The maximum absolute atomic E-state index is 14.8. The number of aromatic nitrogens is 4. The van der Waals surface area contributed by atoms with Crippen LogP contribution >= 0.6 is 0 Å². The molecule has 5 rings (SSSR count). The first-order chi connectivity index (χ1) is 16.6. The van der Waals surface area contributed by atoms with E-state index in [-0.39, 0.29) is 17.6 Å². The summed E-state index contributed by atoms with van der Waals surface area (Å²) in [7, 11) is 1.57. The third-order valence-electron chi connectivity index (χ3n) is 5.78. The van der Waals surface area contributed by atoms with Crippen molar-refractivity contribution in [2.75, 3.05) is 56.7 Å². The maximum Gasteiger partial charge on any atom is 0.192 e. The quantitative estimate of drug-likeness (QED) is 0.582. The van der Waals surface area contributed by atoms with E-state index in [1.807, 2.05) is 18.7 Å². The van der Waals surface area contributed by atoms with Crippen LogP contribution in [0.1, 0.15) is 26.7 Å². The molecule has 34 heavy (non-hydrogen) atoms.